The fourth-order valence-electron chi connectivity index (χ4n) is 2.06. The summed E-state index contributed by atoms with van der Waals surface area (Å²) in [5, 5.41) is 22.2. The van der Waals surface area contributed by atoms with Crippen molar-refractivity contribution in [2.24, 2.45) is 5.41 Å². The van der Waals surface area contributed by atoms with Gasteiger partial charge in [-0.1, -0.05) is 37.0 Å². The number of hydrogen-bond donors (Lipinski definition) is 3. The lowest BCUT2D eigenvalue weighted by atomic mass is 9.87. The number of rotatable bonds is 5. The number of phenolic OH excluding ortho intramolecular Hbond substituents is 1. The third kappa shape index (κ3) is 4.85. The van der Waals surface area contributed by atoms with Gasteiger partial charge < -0.3 is 15.5 Å². The van der Waals surface area contributed by atoms with Crippen molar-refractivity contribution in [1.82, 2.24) is 5.32 Å². The first-order valence-electron chi connectivity index (χ1n) is 6.26. The molecule has 1 atom stereocenters. The number of aliphatic hydroxyl groups excluding tert-OH is 1. The zero-order valence-electron chi connectivity index (χ0n) is 11.7. The number of amides is 1. The number of aliphatic hydroxyl groups is 1. The fourth-order valence-corrected chi connectivity index (χ4v) is 2.63. The van der Waals surface area contributed by atoms with E-state index in [1.807, 2.05) is 13.8 Å². The van der Waals surface area contributed by atoms with Gasteiger partial charge in [-0.05, 0) is 30.9 Å². The van der Waals surface area contributed by atoms with Gasteiger partial charge in [0, 0.05) is 11.6 Å². The van der Waals surface area contributed by atoms with Crippen molar-refractivity contribution < 1.29 is 15.0 Å². The molecule has 4 nitrogen and oxygen atoms in total. The predicted molar refractivity (Wildman–Crippen MR) is 80.5 cm³/mol. The number of halogens is 2. The molecule has 0 aliphatic rings. The molecule has 0 aromatic heterocycles. The highest BCUT2D eigenvalue weighted by Crippen LogP contribution is 2.30. The van der Waals surface area contributed by atoms with E-state index in [1.54, 1.807) is 6.92 Å². The molecule has 0 radical (unpaired) electrons. The average Bonchev–Trinajstić information content (AvgIpc) is 2.23. The van der Waals surface area contributed by atoms with Crippen LogP contribution in [0.5, 0.6) is 5.75 Å². The molecule has 0 aliphatic carbocycles. The molecule has 6 heteroatoms. The third-order valence-electron chi connectivity index (χ3n) is 2.84. The molecule has 0 spiro atoms. The molecule has 0 fully saturated rings. The fraction of sp³-hybridized carbons (Fsp3) is 0.500. The molecule has 3 N–H and O–H groups in total. The van der Waals surface area contributed by atoms with E-state index >= 15 is 0 Å². The predicted octanol–water partition coefficient (Wildman–Crippen LogP) is 3.23. The molecule has 1 unspecified atom stereocenters. The second-order valence-corrected chi connectivity index (χ2v) is 6.53. The number of carbonyl (C=O) groups is 1. The maximum Gasteiger partial charge on any atom is 0.256 e. The summed E-state index contributed by atoms with van der Waals surface area (Å²) in [6.45, 7) is 5.92. The van der Waals surface area contributed by atoms with Crippen LogP contribution in [0.2, 0.25) is 10.0 Å². The third-order valence-corrected chi connectivity index (χ3v) is 3.35. The van der Waals surface area contributed by atoms with Crippen molar-refractivity contribution >= 4 is 29.1 Å². The molecule has 0 saturated heterocycles. The summed E-state index contributed by atoms with van der Waals surface area (Å²) in [5.74, 6) is -0.726. The van der Waals surface area contributed by atoms with Gasteiger partial charge in [-0.25, -0.2) is 0 Å². The molecule has 1 amide bonds. The average molecular weight is 320 g/mol. The second-order valence-electron chi connectivity index (χ2n) is 5.68. The van der Waals surface area contributed by atoms with Crippen LogP contribution in [-0.2, 0) is 0 Å². The van der Waals surface area contributed by atoms with Gasteiger partial charge in [-0.2, -0.15) is 0 Å². The van der Waals surface area contributed by atoms with Crippen molar-refractivity contribution in [3.05, 3.63) is 27.7 Å². The number of benzene rings is 1. The highest BCUT2D eigenvalue weighted by Gasteiger charge is 2.23. The maximum absolute atomic E-state index is 12.1. The summed E-state index contributed by atoms with van der Waals surface area (Å²) in [6.07, 6.45) is 0.0996. The number of nitrogens with one attached hydrogen (secondary N) is 1. The van der Waals surface area contributed by atoms with Gasteiger partial charge in [0.1, 0.15) is 5.75 Å². The minimum absolute atomic E-state index is 0.00362. The summed E-state index contributed by atoms with van der Waals surface area (Å²) < 4.78 is 0. The van der Waals surface area contributed by atoms with E-state index in [2.05, 4.69) is 5.32 Å². The van der Waals surface area contributed by atoms with Crippen molar-refractivity contribution in [1.29, 1.82) is 0 Å². The maximum atomic E-state index is 12.1. The monoisotopic (exact) mass is 319 g/mol. The summed E-state index contributed by atoms with van der Waals surface area (Å²) in [6, 6.07) is 2.67. The molecule has 0 heterocycles. The first-order chi connectivity index (χ1) is 9.12. The zero-order chi connectivity index (χ0) is 15.5. The summed E-state index contributed by atoms with van der Waals surface area (Å²) in [7, 11) is 0. The molecule has 1 rings (SSSR count). The molecule has 0 bridgehead atoms. The second kappa shape index (κ2) is 6.66. The summed E-state index contributed by atoms with van der Waals surface area (Å²) >= 11 is 11.6. The lowest BCUT2D eigenvalue weighted by Gasteiger charge is -2.26. The molecule has 1 aromatic carbocycles. The van der Waals surface area contributed by atoms with Crippen LogP contribution in [0.4, 0.5) is 0 Å². The van der Waals surface area contributed by atoms with Crippen molar-refractivity contribution in [3.63, 3.8) is 0 Å². The van der Waals surface area contributed by atoms with Crippen LogP contribution in [0.25, 0.3) is 0 Å². The number of hydrogen-bond acceptors (Lipinski definition) is 3. The smallest absolute Gasteiger partial charge is 0.256 e. The van der Waals surface area contributed by atoms with Crippen LogP contribution in [0.15, 0.2) is 12.1 Å². The van der Waals surface area contributed by atoms with Gasteiger partial charge in [0.2, 0.25) is 0 Å². The normalized spacial score (nSPS) is 13.1. The van der Waals surface area contributed by atoms with Gasteiger partial charge in [-0.3, -0.25) is 4.79 Å². The van der Waals surface area contributed by atoms with E-state index in [4.69, 9.17) is 23.2 Å². The lowest BCUT2D eigenvalue weighted by molar-refractivity contribution is 0.0899. The molecule has 20 heavy (non-hydrogen) atoms. The van der Waals surface area contributed by atoms with Crippen molar-refractivity contribution in [2.75, 3.05) is 6.54 Å². The Hall–Kier alpha value is -0.970. The highest BCUT2D eigenvalue weighted by molar-refractivity contribution is 6.37. The van der Waals surface area contributed by atoms with Crippen LogP contribution in [0, 0.1) is 5.41 Å². The Morgan fingerprint density at radius 2 is 2.00 bits per heavy atom. The Balaban J connectivity index is 2.78. The van der Waals surface area contributed by atoms with Crippen LogP contribution < -0.4 is 5.32 Å². The number of carbonyl (C=O) groups excluding carboxylic acids is 1. The Morgan fingerprint density at radius 1 is 1.40 bits per heavy atom. The van der Waals surface area contributed by atoms with Crippen LogP contribution in [0.1, 0.15) is 37.6 Å². The first kappa shape index (κ1) is 17.1. The van der Waals surface area contributed by atoms with E-state index in [0.29, 0.717) is 13.0 Å². The van der Waals surface area contributed by atoms with Crippen molar-refractivity contribution in [3.8, 4) is 5.75 Å². The minimum Gasteiger partial charge on any atom is -0.507 e. The Bertz CT molecular complexity index is 478. The minimum atomic E-state index is -0.470. The van der Waals surface area contributed by atoms with Gasteiger partial charge in [0.15, 0.2) is 0 Å². The molecule has 1 aromatic rings. The largest absolute Gasteiger partial charge is 0.507 e. The van der Waals surface area contributed by atoms with E-state index in [-0.39, 0.29) is 26.8 Å². The van der Waals surface area contributed by atoms with E-state index < -0.39 is 12.0 Å². The quantitative estimate of drug-likeness (QED) is 0.780. The molecular formula is C14H19Cl2NO3. The lowest BCUT2D eigenvalue weighted by Crippen LogP contribution is -2.35. The summed E-state index contributed by atoms with van der Waals surface area (Å²) in [5.41, 5.74) is -0.262. The highest BCUT2D eigenvalue weighted by atomic mass is 35.5. The van der Waals surface area contributed by atoms with Crippen molar-refractivity contribution in [2.45, 2.75) is 33.3 Å². The molecule has 0 aliphatic heterocycles. The molecular weight excluding hydrogens is 301 g/mol. The van der Waals surface area contributed by atoms with Gasteiger partial charge in [0.05, 0.1) is 16.7 Å². The van der Waals surface area contributed by atoms with Gasteiger partial charge in [0.25, 0.3) is 5.91 Å². The van der Waals surface area contributed by atoms with E-state index in [1.165, 1.54) is 12.1 Å². The standard InChI is InChI=1S/C14H19Cl2NO3/c1-8(18)6-14(2,3)7-17-13(20)12-10(16)4-9(15)5-11(12)19/h4-5,8,18-19H,6-7H2,1-3H3,(H,17,20). The Labute approximate surface area is 128 Å². The molecule has 0 saturated carbocycles. The SMILES string of the molecule is CC(O)CC(C)(C)CNC(=O)c1c(O)cc(Cl)cc1Cl. The van der Waals surface area contributed by atoms with Gasteiger partial charge in [-0.15, -0.1) is 0 Å². The van der Waals surface area contributed by atoms with Gasteiger partial charge >= 0.3 is 0 Å². The van der Waals surface area contributed by atoms with Crippen LogP contribution in [-0.4, -0.2) is 28.8 Å². The van der Waals surface area contributed by atoms with Crippen LogP contribution >= 0.6 is 23.2 Å². The first-order valence-corrected chi connectivity index (χ1v) is 7.02. The van der Waals surface area contributed by atoms with Crippen LogP contribution in [0.3, 0.4) is 0 Å². The number of phenols is 1. The van der Waals surface area contributed by atoms with E-state index in [0.717, 1.165) is 0 Å². The summed E-state index contributed by atoms with van der Waals surface area (Å²) in [4.78, 5) is 12.1. The Morgan fingerprint density at radius 3 is 2.50 bits per heavy atom. The topological polar surface area (TPSA) is 69.6 Å². The number of aromatic hydroxyl groups is 1. The molecule has 112 valence electrons. The Kier molecular flexibility index (Phi) is 5.68. The van der Waals surface area contributed by atoms with E-state index in [9.17, 15) is 15.0 Å². The zero-order valence-corrected chi connectivity index (χ0v) is 13.2.